The zero-order valence-electron chi connectivity index (χ0n) is 15.0. The van der Waals surface area contributed by atoms with Crippen LogP contribution in [-0.2, 0) is 6.54 Å². The molecule has 27 heavy (non-hydrogen) atoms. The van der Waals surface area contributed by atoms with Crippen LogP contribution >= 0.6 is 0 Å². The first-order chi connectivity index (χ1) is 13.3. The molecule has 7 nitrogen and oxygen atoms in total. The molecule has 0 saturated heterocycles. The van der Waals surface area contributed by atoms with Gasteiger partial charge in [-0.05, 0) is 30.2 Å². The maximum atomic E-state index is 9.50. The number of hydrogen-bond donors (Lipinski definition) is 2. The van der Waals surface area contributed by atoms with Crippen molar-refractivity contribution in [3.05, 3.63) is 54.1 Å². The standard InChI is InChI=1S/C20H20N6O/c1-2-3-11-26-17-10-5-4-9-16(17)18-19(26)22-20(25-23-18)24-21-13-14-7-6-8-15(27)12-14/h4-10,12-13,27H,2-3,11H2,1H3,(H,22,24,25)/b21-13+. The van der Waals surface area contributed by atoms with E-state index in [1.807, 2.05) is 24.3 Å². The van der Waals surface area contributed by atoms with Crippen molar-refractivity contribution in [1.29, 1.82) is 0 Å². The number of unbranched alkanes of at least 4 members (excludes halogenated alkanes) is 1. The van der Waals surface area contributed by atoms with Gasteiger partial charge >= 0.3 is 0 Å². The highest BCUT2D eigenvalue weighted by molar-refractivity contribution is 6.04. The second-order valence-electron chi connectivity index (χ2n) is 6.29. The molecule has 2 aromatic heterocycles. The minimum atomic E-state index is 0.193. The summed E-state index contributed by atoms with van der Waals surface area (Å²) < 4.78 is 2.19. The largest absolute Gasteiger partial charge is 0.508 e. The number of aryl methyl sites for hydroxylation is 1. The van der Waals surface area contributed by atoms with Crippen LogP contribution in [0.25, 0.3) is 22.1 Å². The Morgan fingerprint density at radius 1 is 1.15 bits per heavy atom. The van der Waals surface area contributed by atoms with Gasteiger partial charge in [-0.3, -0.25) is 0 Å². The Morgan fingerprint density at radius 3 is 2.89 bits per heavy atom. The van der Waals surface area contributed by atoms with Crippen LogP contribution in [0.1, 0.15) is 25.3 Å². The van der Waals surface area contributed by atoms with Gasteiger partial charge in [-0.15, -0.1) is 10.2 Å². The number of fused-ring (bicyclic) bond motifs is 3. The molecule has 0 aliphatic heterocycles. The van der Waals surface area contributed by atoms with Gasteiger partial charge in [-0.1, -0.05) is 43.7 Å². The van der Waals surface area contributed by atoms with Crippen LogP contribution in [0, 0.1) is 0 Å². The summed E-state index contributed by atoms with van der Waals surface area (Å²) in [7, 11) is 0. The number of para-hydroxylation sites is 1. The average molecular weight is 360 g/mol. The van der Waals surface area contributed by atoms with Gasteiger partial charge in [-0.25, -0.2) is 5.43 Å². The molecule has 136 valence electrons. The SMILES string of the molecule is CCCCn1c2ccccc2c2nnc(N/N=C/c3cccc(O)c3)nc21. The molecule has 2 aromatic carbocycles. The molecule has 4 aromatic rings. The van der Waals surface area contributed by atoms with E-state index >= 15 is 0 Å². The van der Waals surface area contributed by atoms with E-state index in [9.17, 15) is 5.11 Å². The predicted molar refractivity (Wildman–Crippen MR) is 107 cm³/mol. The van der Waals surface area contributed by atoms with Crippen molar-refractivity contribution < 1.29 is 5.11 Å². The molecule has 0 bridgehead atoms. The van der Waals surface area contributed by atoms with E-state index in [1.54, 1.807) is 24.4 Å². The second kappa shape index (κ2) is 7.41. The van der Waals surface area contributed by atoms with Crippen LogP contribution in [0.4, 0.5) is 5.95 Å². The molecule has 7 heteroatoms. The fourth-order valence-corrected chi connectivity index (χ4v) is 3.06. The molecule has 0 aliphatic carbocycles. The number of hydrogen-bond acceptors (Lipinski definition) is 6. The molecule has 0 aliphatic rings. The van der Waals surface area contributed by atoms with E-state index in [0.717, 1.165) is 47.0 Å². The summed E-state index contributed by atoms with van der Waals surface area (Å²) in [6.07, 6.45) is 3.77. The Kier molecular flexibility index (Phi) is 4.65. The van der Waals surface area contributed by atoms with Gasteiger partial charge in [0.05, 0.1) is 11.7 Å². The molecular weight excluding hydrogens is 340 g/mol. The number of anilines is 1. The minimum Gasteiger partial charge on any atom is -0.508 e. The number of benzene rings is 2. The van der Waals surface area contributed by atoms with Crippen molar-refractivity contribution in [1.82, 2.24) is 19.7 Å². The summed E-state index contributed by atoms with van der Waals surface area (Å²) in [5, 5.41) is 23.2. The number of nitrogens with one attached hydrogen (secondary N) is 1. The van der Waals surface area contributed by atoms with Crippen molar-refractivity contribution in [2.24, 2.45) is 5.10 Å². The lowest BCUT2D eigenvalue weighted by molar-refractivity contribution is 0.475. The highest BCUT2D eigenvalue weighted by atomic mass is 16.3. The topological polar surface area (TPSA) is 88.2 Å². The number of aromatic nitrogens is 4. The molecule has 0 atom stereocenters. The summed E-state index contributed by atoms with van der Waals surface area (Å²) in [4.78, 5) is 4.63. The smallest absolute Gasteiger partial charge is 0.265 e. The molecular formula is C20H20N6O. The summed E-state index contributed by atoms with van der Waals surface area (Å²) in [5.74, 6) is 0.526. The first-order valence-electron chi connectivity index (χ1n) is 8.96. The predicted octanol–water partition coefficient (Wildman–Crippen LogP) is 3.93. The third kappa shape index (κ3) is 3.44. The van der Waals surface area contributed by atoms with Crippen LogP contribution in [0.2, 0.25) is 0 Å². The Bertz CT molecular complexity index is 1120. The third-order valence-corrected chi connectivity index (χ3v) is 4.36. The Balaban J connectivity index is 1.67. The van der Waals surface area contributed by atoms with Crippen LogP contribution in [-0.4, -0.2) is 31.1 Å². The molecule has 0 fully saturated rings. The summed E-state index contributed by atoms with van der Waals surface area (Å²) in [6, 6.07) is 15.0. The van der Waals surface area contributed by atoms with E-state index in [-0.39, 0.29) is 5.75 Å². The molecule has 0 saturated carbocycles. The van der Waals surface area contributed by atoms with Gasteiger partial charge in [0.2, 0.25) is 0 Å². The Hall–Kier alpha value is -3.48. The highest BCUT2D eigenvalue weighted by Gasteiger charge is 2.13. The zero-order valence-corrected chi connectivity index (χ0v) is 15.0. The third-order valence-electron chi connectivity index (χ3n) is 4.36. The van der Waals surface area contributed by atoms with Crippen molar-refractivity contribution in [3.63, 3.8) is 0 Å². The lowest BCUT2D eigenvalue weighted by Crippen LogP contribution is -2.03. The van der Waals surface area contributed by atoms with Crippen LogP contribution in [0.5, 0.6) is 5.75 Å². The maximum absolute atomic E-state index is 9.50. The zero-order chi connectivity index (χ0) is 18.6. The Morgan fingerprint density at radius 2 is 2.04 bits per heavy atom. The van der Waals surface area contributed by atoms with E-state index < -0.39 is 0 Å². The van der Waals surface area contributed by atoms with E-state index in [2.05, 4.69) is 43.3 Å². The van der Waals surface area contributed by atoms with Crippen LogP contribution in [0.15, 0.2) is 53.6 Å². The number of phenolic OH excluding ortho intramolecular Hbond substituents is 1. The first kappa shape index (κ1) is 17.0. The second-order valence-corrected chi connectivity index (χ2v) is 6.29. The number of rotatable bonds is 6. The molecule has 4 rings (SSSR count). The number of hydrazone groups is 1. The van der Waals surface area contributed by atoms with Crippen molar-refractivity contribution in [2.75, 3.05) is 5.43 Å². The minimum absolute atomic E-state index is 0.193. The monoisotopic (exact) mass is 360 g/mol. The quantitative estimate of drug-likeness (QED) is 0.402. The fourth-order valence-electron chi connectivity index (χ4n) is 3.06. The lowest BCUT2D eigenvalue weighted by Gasteiger charge is -2.05. The van der Waals surface area contributed by atoms with Crippen molar-refractivity contribution >= 4 is 34.2 Å². The Labute approximate surface area is 156 Å². The lowest BCUT2D eigenvalue weighted by atomic mass is 10.2. The van der Waals surface area contributed by atoms with Gasteiger partial charge in [-0.2, -0.15) is 10.1 Å². The molecule has 0 amide bonds. The van der Waals surface area contributed by atoms with Crippen molar-refractivity contribution in [3.8, 4) is 5.75 Å². The number of aromatic hydroxyl groups is 1. The summed E-state index contributed by atoms with van der Waals surface area (Å²) in [5.41, 5.74) is 6.30. The summed E-state index contributed by atoms with van der Waals surface area (Å²) >= 11 is 0. The van der Waals surface area contributed by atoms with Gasteiger partial charge in [0.15, 0.2) is 5.65 Å². The van der Waals surface area contributed by atoms with Gasteiger partial charge in [0.1, 0.15) is 11.3 Å². The van der Waals surface area contributed by atoms with Crippen LogP contribution in [0.3, 0.4) is 0 Å². The highest BCUT2D eigenvalue weighted by Crippen LogP contribution is 2.26. The molecule has 0 radical (unpaired) electrons. The molecule has 2 heterocycles. The average Bonchev–Trinajstić information content (AvgIpc) is 2.99. The summed E-state index contributed by atoms with van der Waals surface area (Å²) in [6.45, 7) is 3.05. The molecule has 0 spiro atoms. The first-order valence-corrected chi connectivity index (χ1v) is 8.96. The van der Waals surface area contributed by atoms with E-state index in [1.165, 1.54) is 0 Å². The van der Waals surface area contributed by atoms with Gasteiger partial charge in [0, 0.05) is 11.9 Å². The fraction of sp³-hybridized carbons (Fsp3) is 0.200. The van der Waals surface area contributed by atoms with E-state index in [4.69, 9.17) is 0 Å². The van der Waals surface area contributed by atoms with Crippen LogP contribution < -0.4 is 5.43 Å². The van der Waals surface area contributed by atoms with Crippen molar-refractivity contribution in [2.45, 2.75) is 26.3 Å². The maximum Gasteiger partial charge on any atom is 0.265 e. The van der Waals surface area contributed by atoms with Gasteiger partial charge in [0.25, 0.3) is 5.95 Å². The van der Waals surface area contributed by atoms with Gasteiger partial charge < -0.3 is 9.67 Å². The number of phenols is 1. The molecule has 2 N–H and O–H groups in total. The number of nitrogens with zero attached hydrogens (tertiary/aromatic N) is 5. The van der Waals surface area contributed by atoms with E-state index in [0.29, 0.717) is 5.95 Å². The normalized spacial score (nSPS) is 11.6. The molecule has 0 unspecified atom stereocenters.